The van der Waals surface area contributed by atoms with Crippen LogP contribution < -0.4 is 9.64 Å². The number of carbonyl (C=O) groups is 1. The molecule has 8 heteroatoms. The SMILES string of the molecule is COc1ccc(F)c(F)c1-c1cnc(C)c([C@H](OC(C)(C)C)C(=O)O)c1N1CCC(C)(C)CC1. The number of pyridine rings is 1. The highest BCUT2D eigenvalue weighted by Crippen LogP contribution is 2.46. The van der Waals surface area contributed by atoms with Crippen LogP contribution in [0.4, 0.5) is 14.5 Å². The summed E-state index contributed by atoms with van der Waals surface area (Å²) in [4.78, 5) is 18.9. The molecule has 2 heterocycles. The molecule has 0 saturated carbocycles. The number of piperidine rings is 1. The largest absolute Gasteiger partial charge is 0.496 e. The Morgan fingerprint density at radius 1 is 1.21 bits per heavy atom. The van der Waals surface area contributed by atoms with Crippen molar-refractivity contribution in [2.45, 2.75) is 66.1 Å². The van der Waals surface area contributed by atoms with Gasteiger partial charge in [0.2, 0.25) is 0 Å². The lowest BCUT2D eigenvalue weighted by atomic mass is 9.82. The summed E-state index contributed by atoms with van der Waals surface area (Å²) >= 11 is 0. The van der Waals surface area contributed by atoms with Crippen molar-refractivity contribution < 1.29 is 28.2 Å². The first-order valence-electron chi connectivity index (χ1n) is 11.4. The summed E-state index contributed by atoms with van der Waals surface area (Å²) in [6.45, 7) is 12.6. The summed E-state index contributed by atoms with van der Waals surface area (Å²) in [7, 11) is 1.38. The molecule has 6 nitrogen and oxygen atoms in total. The molecule has 1 saturated heterocycles. The van der Waals surface area contributed by atoms with Crippen LogP contribution in [0.25, 0.3) is 11.1 Å². The normalized spacial score (nSPS) is 16.9. The molecule has 0 bridgehead atoms. The highest BCUT2D eigenvalue weighted by atomic mass is 19.2. The third-order valence-corrected chi connectivity index (χ3v) is 6.22. The van der Waals surface area contributed by atoms with Gasteiger partial charge in [-0.1, -0.05) is 13.8 Å². The molecular weight excluding hydrogens is 442 g/mol. The van der Waals surface area contributed by atoms with E-state index in [1.165, 1.54) is 19.4 Å². The first-order valence-corrected chi connectivity index (χ1v) is 11.4. The molecule has 1 atom stereocenters. The number of nitrogens with zero attached hydrogens (tertiary/aromatic N) is 2. The number of anilines is 1. The molecule has 34 heavy (non-hydrogen) atoms. The van der Waals surface area contributed by atoms with Gasteiger partial charge in [-0.05, 0) is 58.1 Å². The maximum absolute atomic E-state index is 15.2. The van der Waals surface area contributed by atoms with Crippen molar-refractivity contribution in [3.63, 3.8) is 0 Å². The Balaban J connectivity index is 2.35. The van der Waals surface area contributed by atoms with Gasteiger partial charge in [-0.2, -0.15) is 0 Å². The first-order chi connectivity index (χ1) is 15.8. The molecule has 2 aromatic rings. The monoisotopic (exact) mass is 476 g/mol. The van der Waals surface area contributed by atoms with Crippen LogP contribution in [-0.4, -0.2) is 41.9 Å². The van der Waals surface area contributed by atoms with Gasteiger partial charge in [-0.25, -0.2) is 13.6 Å². The lowest BCUT2D eigenvalue weighted by Gasteiger charge is -2.41. The van der Waals surface area contributed by atoms with Gasteiger partial charge in [0.25, 0.3) is 0 Å². The number of hydrogen-bond acceptors (Lipinski definition) is 5. The number of rotatable bonds is 6. The first kappa shape index (κ1) is 25.9. The van der Waals surface area contributed by atoms with Crippen LogP contribution >= 0.6 is 0 Å². The Kier molecular flexibility index (Phi) is 7.22. The Hall–Kier alpha value is -2.74. The van der Waals surface area contributed by atoms with Gasteiger partial charge in [0.1, 0.15) is 5.75 Å². The molecule has 0 aliphatic carbocycles. The molecule has 0 amide bonds. The average Bonchev–Trinajstić information content (AvgIpc) is 2.73. The lowest BCUT2D eigenvalue weighted by Crippen LogP contribution is -2.39. The Morgan fingerprint density at radius 3 is 2.35 bits per heavy atom. The van der Waals surface area contributed by atoms with Gasteiger partial charge in [-0.3, -0.25) is 4.98 Å². The van der Waals surface area contributed by atoms with Crippen molar-refractivity contribution in [1.82, 2.24) is 4.98 Å². The molecule has 1 N–H and O–H groups in total. The second kappa shape index (κ2) is 9.49. The van der Waals surface area contributed by atoms with Crippen LogP contribution in [0.1, 0.15) is 64.8 Å². The predicted octanol–water partition coefficient (Wildman–Crippen LogP) is 5.91. The second-order valence-electron chi connectivity index (χ2n) is 10.6. The van der Waals surface area contributed by atoms with E-state index in [-0.39, 0.29) is 22.3 Å². The lowest BCUT2D eigenvalue weighted by molar-refractivity contribution is -0.160. The van der Waals surface area contributed by atoms with E-state index in [9.17, 15) is 14.3 Å². The molecule has 186 valence electrons. The molecule has 1 aromatic heterocycles. The number of aromatic nitrogens is 1. The van der Waals surface area contributed by atoms with Crippen molar-refractivity contribution in [3.05, 3.63) is 41.2 Å². The van der Waals surface area contributed by atoms with Gasteiger partial charge >= 0.3 is 5.97 Å². The van der Waals surface area contributed by atoms with Crippen LogP contribution in [0.3, 0.4) is 0 Å². The number of hydrogen-bond donors (Lipinski definition) is 1. The summed E-state index contributed by atoms with van der Waals surface area (Å²) < 4.78 is 40.9. The van der Waals surface area contributed by atoms with E-state index < -0.39 is 29.3 Å². The van der Waals surface area contributed by atoms with E-state index >= 15 is 4.39 Å². The number of methoxy groups -OCH3 is 1. The summed E-state index contributed by atoms with van der Waals surface area (Å²) in [5.74, 6) is -3.14. The maximum Gasteiger partial charge on any atom is 0.337 e. The molecular formula is C26H34F2N2O4. The highest BCUT2D eigenvalue weighted by molar-refractivity contribution is 5.88. The van der Waals surface area contributed by atoms with Crippen molar-refractivity contribution in [3.8, 4) is 16.9 Å². The maximum atomic E-state index is 15.2. The van der Waals surface area contributed by atoms with Gasteiger partial charge in [0, 0.05) is 36.1 Å². The topological polar surface area (TPSA) is 71.9 Å². The minimum Gasteiger partial charge on any atom is -0.496 e. The summed E-state index contributed by atoms with van der Waals surface area (Å²) in [6.07, 6.45) is 1.83. The minimum absolute atomic E-state index is 0.0871. The van der Waals surface area contributed by atoms with E-state index in [0.29, 0.717) is 30.0 Å². The Labute approximate surface area is 199 Å². The van der Waals surface area contributed by atoms with E-state index in [0.717, 1.165) is 18.9 Å². The number of aliphatic carboxylic acids is 1. The van der Waals surface area contributed by atoms with Crippen LogP contribution in [0.15, 0.2) is 18.3 Å². The van der Waals surface area contributed by atoms with E-state index in [4.69, 9.17) is 9.47 Å². The van der Waals surface area contributed by atoms with Gasteiger partial charge < -0.3 is 19.5 Å². The van der Waals surface area contributed by atoms with Crippen LogP contribution in [-0.2, 0) is 9.53 Å². The van der Waals surface area contributed by atoms with Crippen molar-refractivity contribution in [2.24, 2.45) is 5.41 Å². The van der Waals surface area contributed by atoms with E-state index in [2.05, 4.69) is 18.8 Å². The highest BCUT2D eigenvalue weighted by Gasteiger charge is 2.36. The van der Waals surface area contributed by atoms with Crippen molar-refractivity contribution in [1.29, 1.82) is 0 Å². The number of aryl methyl sites for hydroxylation is 1. The van der Waals surface area contributed by atoms with Gasteiger partial charge in [0.05, 0.1) is 24.0 Å². The Bertz CT molecular complexity index is 1070. The number of halogens is 2. The van der Waals surface area contributed by atoms with E-state index in [1.54, 1.807) is 27.7 Å². The summed E-state index contributed by atoms with van der Waals surface area (Å²) in [6, 6.07) is 2.36. The molecule has 3 rings (SSSR count). The van der Waals surface area contributed by atoms with Crippen LogP contribution in [0.2, 0.25) is 0 Å². The van der Waals surface area contributed by atoms with Crippen molar-refractivity contribution in [2.75, 3.05) is 25.1 Å². The van der Waals surface area contributed by atoms with E-state index in [1.807, 2.05) is 4.90 Å². The van der Waals surface area contributed by atoms with Crippen LogP contribution in [0, 0.1) is 24.0 Å². The second-order valence-corrected chi connectivity index (χ2v) is 10.6. The molecule has 0 unspecified atom stereocenters. The fourth-order valence-electron chi connectivity index (χ4n) is 4.32. The zero-order valence-electron chi connectivity index (χ0n) is 21.0. The predicted molar refractivity (Wildman–Crippen MR) is 127 cm³/mol. The smallest absolute Gasteiger partial charge is 0.337 e. The molecule has 0 radical (unpaired) electrons. The van der Waals surface area contributed by atoms with Gasteiger partial charge in [0.15, 0.2) is 17.7 Å². The zero-order chi connectivity index (χ0) is 25.4. The molecule has 0 spiro atoms. The fraction of sp³-hybridized carbons (Fsp3) is 0.538. The molecule has 1 aliphatic rings. The number of carboxylic acid groups (broad SMARTS) is 1. The minimum atomic E-state index is -1.35. The standard InChI is InChI=1S/C26H34F2N2O4/c1-15-19(23(24(31)32)34-25(2,3)4)22(30-12-10-26(5,6)11-13-30)16(14-29-15)20-18(33-7)9-8-17(27)21(20)28/h8-9,14,23H,10-13H2,1-7H3,(H,31,32)/t23-/m0/s1. The number of carboxylic acids is 1. The third kappa shape index (κ3) is 5.32. The Morgan fingerprint density at radius 2 is 1.82 bits per heavy atom. The quantitative estimate of drug-likeness (QED) is 0.559. The molecule has 1 aromatic carbocycles. The van der Waals surface area contributed by atoms with Crippen molar-refractivity contribution >= 4 is 11.7 Å². The van der Waals surface area contributed by atoms with Gasteiger partial charge in [-0.15, -0.1) is 0 Å². The third-order valence-electron chi connectivity index (χ3n) is 6.22. The van der Waals surface area contributed by atoms with Crippen LogP contribution in [0.5, 0.6) is 5.75 Å². The summed E-state index contributed by atoms with van der Waals surface area (Å²) in [5.41, 5.74) is 0.821. The fourth-order valence-corrected chi connectivity index (χ4v) is 4.32. The number of ether oxygens (including phenoxy) is 2. The zero-order valence-corrected chi connectivity index (χ0v) is 21.0. The molecule has 1 fully saturated rings. The summed E-state index contributed by atoms with van der Waals surface area (Å²) in [5, 5.41) is 10.2. The molecule has 1 aliphatic heterocycles. The number of benzene rings is 1. The average molecular weight is 477 g/mol.